The molecule has 3 aromatic rings. The lowest BCUT2D eigenvalue weighted by Gasteiger charge is -2.17. The molecule has 1 aliphatic heterocycles. The average molecular weight is 390 g/mol. The Kier molecular flexibility index (Phi) is 5.29. The van der Waals surface area contributed by atoms with E-state index in [4.69, 9.17) is 4.74 Å². The summed E-state index contributed by atoms with van der Waals surface area (Å²) in [6.07, 6.45) is 5.56. The number of methoxy groups -OCH3 is 1. The molecule has 1 aromatic heterocycles. The van der Waals surface area contributed by atoms with Gasteiger partial charge in [-0.05, 0) is 42.0 Å². The molecule has 7 heteroatoms. The number of carbonyl (C=O) groups is 2. The maximum atomic E-state index is 12.6. The maximum Gasteiger partial charge on any atom is 0.227 e. The van der Waals surface area contributed by atoms with Crippen molar-refractivity contribution < 1.29 is 14.3 Å². The number of nitrogens with one attached hydrogen (secondary N) is 1. The van der Waals surface area contributed by atoms with Crippen LogP contribution in [0.1, 0.15) is 12.0 Å². The first-order valence-electron chi connectivity index (χ1n) is 9.43. The quantitative estimate of drug-likeness (QED) is 0.702. The van der Waals surface area contributed by atoms with E-state index >= 15 is 0 Å². The Bertz CT molecular complexity index is 982. The van der Waals surface area contributed by atoms with Crippen LogP contribution in [0.3, 0.4) is 0 Å². The van der Waals surface area contributed by atoms with Crippen LogP contribution in [0.5, 0.6) is 5.75 Å². The van der Waals surface area contributed by atoms with E-state index in [1.165, 1.54) is 0 Å². The molecule has 148 valence electrons. The predicted molar refractivity (Wildman–Crippen MR) is 109 cm³/mol. The summed E-state index contributed by atoms with van der Waals surface area (Å²) in [6.45, 7) is 0.812. The Morgan fingerprint density at radius 1 is 1.14 bits per heavy atom. The normalized spacial score (nSPS) is 16.1. The molecule has 0 radical (unpaired) electrons. The molecule has 1 atom stereocenters. The molecule has 1 unspecified atom stereocenters. The van der Waals surface area contributed by atoms with Crippen molar-refractivity contribution in [3.63, 3.8) is 0 Å². The van der Waals surface area contributed by atoms with Crippen molar-refractivity contribution >= 4 is 17.5 Å². The van der Waals surface area contributed by atoms with Crippen LogP contribution in [0.15, 0.2) is 67.3 Å². The highest BCUT2D eigenvalue weighted by atomic mass is 16.5. The van der Waals surface area contributed by atoms with Gasteiger partial charge in [-0.1, -0.05) is 12.1 Å². The number of carbonyl (C=O) groups excluding carboxylic acids is 2. The third kappa shape index (κ3) is 4.13. The maximum absolute atomic E-state index is 12.6. The van der Waals surface area contributed by atoms with E-state index in [-0.39, 0.29) is 24.2 Å². The van der Waals surface area contributed by atoms with Crippen LogP contribution in [-0.4, -0.2) is 35.0 Å². The smallest absolute Gasteiger partial charge is 0.227 e. The lowest BCUT2D eigenvalue weighted by Crippen LogP contribution is -2.32. The van der Waals surface area contributed by atoms with Gasteiger partial charge in [-0.3, -0.25) is 9.59 Å². The number of rotatable bonds is 6. The van der Waals surface area contributed by atoms with Gasteiger partial charge in [0.15, 0.2) is 0 Å². The molecule has 2 amide bonds. The minimum atomic E-state index is -0.352. The Balaban J connectivity index is 1.33. The lowest BCUT2D eigenvalue weighted by molar-refractivity contribution is -0.126. The Hall–Kier alpha value is -3.61. The van der Waals surface area contributed by atoms with E-state index in [0.29, 0.717) is 13.1 Å². The Morgan fingerprint density at radius 2 is 1.86 bits per heavy atom. The number of imidazole rings is 1. The first-order valence-corrected chi connectivity index (χ1v) is 9.43. The molecule has 1 N–H and O–H groups in total. The van der Waals surface area contributed by atoms with Gasteiger partial charge in [0.2, 0.25) is 11.8 Å². The molecule has 4 rings (SSSR count). The Morgan fingerprint density at radius 3 is 2.52 bits per heavy atom. The van der Waals surface area contributed by atoms with Gasteiger partial charge in [-0.15, -0.1) is 0 Å². The zero-order valence-electron chi connectivity index (χ0n) is 16.1. The Labute approximate surface area is 168 Å². The number of hydrogen-bond acceptors (Lipinski definition) is 4. The predicted octanol–water partition coefficient (Wildman–Crippen LogP) is 2.55. The zero-order chi connectivity index (χ0) is 20.2. The lowest BCUT2D eigenvalue weighted by atomic mass is 10.1. The van der Waals surface area contributed by atoms with Gasteiger partial charge in [0, 0.05) is 43.3 Å². The first kappa shape index (κ1) is 18.7. The van der Waals surface area contributed by atoms with E-state index in [1.54, 1.807) is 24.5 Å². The second-order valence-corrected chi connectivity index (χ2v) is 6.96. The van der Waals surface area contributed by atoms with Crippen LogP contribution in [-0.2, 0) is 16.1 Å². The molecule has 1 saturated heterocycles. The fourth-order valence-corrected chi connectivity index (χ4v) is 3.43. The summed E-state index contributed by atoms with van der Waals surface area (Å²) in [6, 6.07) is 15.2. The molecule has 2 heterocycles. The van der Waals surface area contributed by atoms with E-state index < -0.39 is 0 Å². The highest BCUT2D eigenvalue weighted by Crippen LogP contribution is 2.27. The molecule has 7 nitrogen and oxygen atoms in total. The summed E-state index contributed by atoms with van der Waals surface area (Å²) in [7, 11) is 1.60. The number of nitrogens with zero attached hydrogens (tertiary/aromatic N) is 3. The van der Waals surface area contributed by atoms with E-state index in [2.05, 4.69) is 10.3 Å². The molecule has 1 aliphatic rings. The fourth-order valence-electron chi connectivity index (χ4n) is 3.43. The van der Waals surface area contributed by atoms with Crippen molar-refractivity contribution in [1.82, 2.24) is 14.9 Å². The van der Waals surface area contributed by atoms with Crippen molar-refractivity contribution in [2.45, 2.75) is 13.0 Å². The highest BCUT2D eigenvalue weighted by Gasteiger charge is 2.34. The number of benzene rings is 2. The van der Waals surface area contributed by atoms with Crippen molar-refractivity contribution in [3.8, 4) is 11.4 Å². The topological polar surface area (TPSA) is 76.5 Å². The van der Waals surface area contributed by atoms with Crippen molar-refractivity contribution in [2.24, 2.45) is 5.92 Å². The zero-order valence-corrected chi connectivity index (χ0v) is 16.1. The molecular weight excluding hydrogens is 368 g/mol. The highest BCUT2D eigenvalue weighted by molar-refractivity contribution is 6.00. The minimum absolute atomic E-state index is 0.0417. The first-order chi connectivity index (χ1) is 14.1. The summed E-state index contributed by atoms with van der Waals surface area (Å²) in [5.74, 6) is 0.233. The molecule has 1 fully saturated rings. The molecule has 0 aliphatic carbocycles. The van der Waals surface area contributed by atoms with Gasteiger partial charge >= 0.3 is 0 Å². The molecule has 2 aromatic carbocycles. The van der Waals surface area contributed by atoms with Crippen molar-refractivity contribution in [2.75, 3.05) is 18.6 Å². The van der Waals surface area contributed by atoms with Gasteiger partial charge in [-0.2, -0.15) is 0 Å². The van der Waals surface area contributed by atoms with Crippen LogP contribution >= 0.6 is 0 Å². The summed E-state index contributed by atoms with van der Waals surface area (Å²) >= 11 is 0. The van der Waals surface area contributed by atoms with E-state index in [0.717, 1.165) is 22.7 Å². The average Bonchev–Trinajstić information content (AvgIpc) is 3.43. The van der Waals surface area contributed by atoms with Gasteiger partial charge in [0.25, 0.3) is 0 Å². The summed E-state index contributed by atoms with van der Waals surface area (Å²) < 4.78 is 7.07. The second-order valence-electron chi connectivity index (χ2n) is 6.96. The monoisotopic (exact) mass is 390 g/mol. The van der Waals surface area contributed by atoms with Crippen LogP contribution in [0.4, 0.5) is 5.69 Å². The van der Waals surface area contributed by atoms with Gasteiger partial charge < -0.3 is 19.5 Å². The van der Waals surface area contributed by atoms with E-state index in [9.17, 15) is 9.59 Å². The third-order valence-corrected chi connectivity index (χ3v) is 5.09. The largest absolute Gasteiger partial charge is 0.497 e. The van der Waals surface area contributed by atoms with Crippen molar-refractivity contribution in [3.05, 3.63) is 72.8 Å². The van der Waals surface area contributed by atoms with Gasteiger partial charge in [0.1, 0.15) is 5.75 Å². The fraction of sp³-hybridized carbons (Fsp3) is 0.227. The number of aromatic nitrogens is 2. The van der Waals surface area contributed by atoms with Crippen LogP contribution in [0.2, 0.25) is 0 Å². The van der Waals surface area contributed by atoms with Gasteiger partial charge in [0.05, 0.1) is 19.4 Å². The SMILES string of the molecule is COc1ccc(N2CC(C(=O)NCc3ccc(-n4ccnc4)cc3)CC2=O)cc1. The number of anilines is 1. The molecular formula is C22H22N4O3. The minimum Gasteiger partial charge on any atom is -0.497 e. The van der Waals surface area contributed by atoms with Crippen LogP contribution in [0, 0.1) is 5.92 Å². The van der Waals surface area contributed by atoms with Crippen LogP contribution < -0.4 is 15.0 Å². The second kappa shape index (κ2) is 8.18. The number of amides is 2. The summed E-state index contributed by atoms with van der Waals surface area (Å²) in [5, 5.41) is 2.95. The van der Waals surface area contributed by atoms with Gasteiger partial charge in [-0.25, -0.2) is 4.98 Å². The summed E-state index contributed by atoms with van der Waals surface area (Å²) in [4.78, 5) is 30.6. The van der Waals surface area contributed by atoms with Crippen LogP contribution in [0.25, 0.3) is 5.69 Å². The number of ether oxygens (including phenoxy) is 1. The third-order valence-electron chi connectivity index (χ3n) is 5.09. The standard InChI is InChI=1S/C22H22N4O3/c1-29-20-8-6-19(7-9-20)26-14-17(12-21(26)27)22(28)24-13-16-2-4-18(5-3-16)25-11-10-23-15-25/h2-11,15,17H,12-14H2,1H3,(H,24,28). The molecule has 0 bridgehead atoms. The molecule has 29 heavy (non-hydrogen) atoms. The van der Waals surface area contributed by atoms with E-state index in [1.807, 2.05) is 59.3 Å². The summed E-state index contributed by atoms with van der Waals surface area (Å²) in [5.41, 5.74) is 2.79. The van der Waals surface area contributed by atoms with Crippen molar-refractivity contribution in [1.29, 1.82) is 0 Å². The number of hydrogen-bond donors (Lipinski definition) is 1. The molecule has 0 saturated carbocycles. The molecule has 0 spiro atoms.